The Hall–Kier alpha value is -0.0800. The van der Waals surface area contributed by atoms with Crippen molar-refractivity contribution in [1.29, 1.82) is 0 Å². The van der Waals surface area contributed by atoms with Crippen LogP contribution in [0.4, 0.5) is 0 Å². The van der Waals surface area contributed by atoms with Crippen LogP contribution in [0.5, 0.6) is 0 Å². The Labute approximate surface area is 114 Å². The molecule has 0 unspecified atom stereocenters. The first-order chi connectivity index (χ1) is 8.35. The van der Waals surface area contributed by atoms with Crippen LogP contribution >= 0.6 is 0 Å². The van der Waals surface area contributed by atoms with Crippen molar-refractivity contribution in [3.05, 3.63) is 0 Å². The van der Waals surface area contributed by atoms with Crippen molar-refractivity contribution in [3.8, 4) is 0 Å². The zero-order valence-corrected chi connectivity index (χ0v) is 13.1. The maximum Gasteiger partial charge on any atom is 0.0478 e. The molecule has 2 nitrogen and oxygen atoms in total. The summed E-state index contributed by atoms with van der Waals surface area (Å²) in [7, 11) is 0. The minimum absolute atomic E-state index is 0.484. The molecule has 0 radical (unpaired) electrons. The van der Waals surface area contributed by atoms with Crippen LogP contribution in [0.1, 0.15) is 66.7 Å². The maximum absolute atomic E-state index is 5.51. The predicted octanol–water partition coefficient (Wildman–Crippen LogP) is 4.00. The Morgan fingerprint density at radius 1 is 1.06 bits per heavy atom. The number of rotatable bonds is 7. The van der Waals surface area contributed by atoms with Gasteiger partial charge in [0.2, 0.25) is 0 Å². The monoisotopic (exact) mass is 255 g/mol. The lowest BCUT2D eigenvalue weighted by Gasteiger charge is -2.45. The first-order valence-electron chi connectivity index (χ1n) is 7.66. The Balaban J connectivity index is 2.21. The molecule has 0 amide bonds. The van der Waals surface area contributed by atoms with Crippen molar-refractivity contribution in [2.45, 2.75) is 72.8 Å². The molecule has 1 aliphatic rings. The van der Waals surface area contributed by atoms with Crippen molar-refractivity contribution < 1.29 is 4.74 Å². The van der Waals surface area contributed by atoms with Gasteiger partial charge in [-0.1, -0.05) is 34.6 Å². The van der Waals surface area contributed by atoms with Crippen LogP contribution in [0.3, 0.4) is 0 Å². The third-order valence-electron chi connectivity index (χ3n) is 3.80. The molecule has 0 bridgehead atoms. The predicted molar refractivity (Wildman–Crippen MR) is 78.9 cm³/mol. The lowest BCUT2D eigenvalue weighted by atomic mass is 9.63. The molecule has 1 saturated carbocycles. The second kappa shape index (κ2) is 6.91. The van der Waals surface area contributed by atoms with Gasteiger partial charge in [0.25, 0.3) is 0 Å². The van der Waals surface area contributed by atoms with Gasteiger partial charge in [-0.2, -0.15) is 0 Å². The molecule has 0 heterocycles. The van der Waals surface area contributed by atoms with Crippen LogP contribution in [-0.2, 0) is 4.74 Å². The van der Waals surface area contributed by atoms with Gasteiger partial charge >= 0.3 is 0 Å². The van der Waals surface area contributed by atoms with E-state index in [0.717, 1.165) is 32.6 Å². The van der Waals surface area contributed by atoms with E-state index >= 15 is 0 Å². The molecule has 1 fully saturated rings. The second-order valence-corrected chi connectivity index (χ2v) is 7.53. The molecule has 0 aliphatic heterocycles. The van der Waals surface area contributed by atoms with E-state index in [0.29, 0.717) is 16.9 Å². The molecule has 1 rings (SSSR count). The van der Waals surface area contributed by atoms with Crippen molar-refractivity contribution in [3.63, 3.8) is 0 Å². The van der Waals surface area contributed by atoms with Gasteiger partial charge in [0.05, 0.1) is 0 Å². The van der Waals surface area contributed by atoms with Crippen molar-refractivity contribution in [2.75, 3.05) is 19.8 Å². The summed E-state index contributed by atoms with van der Waals surface area (Å²) in [5.74, 6) is 0. The summed E-state index contributed by atoms with van der Waals surface area (Å²) < 4.78 is 5.51. The van der Waals surface area contributed by atoms with E-state index in [4.69, 9.17) is 4.74 Å². The smallest absolute Gasteiger partial charge is 0.0478 e. The van der Waals surface area contributed by atoms with E-state index in [1.54, 1.807) is 0 Å². The third-order valence-corrected chi connectivity index (χ3v) is 3.80. The lowest BCUT2D eigenvalue weighted by molar-refractivity contribution is 0.0824. The van der Waals surface area contributed by atoms with Crippen LogP contribution in [0, 0.1) is 10.8 Å². The highest BCUT2D eigenvalue weighted by atomic mass is 16.5. The summed E-state index contributed by atoms with van der Waals surface area (Å²) in [6.07, 6.45) is 6.23. The molecule has 1 N–H and O–H groups in total. The molecular formula is C16H33NO. The Kier molecular flexibility index (Phi) is 6.13. The van der Waals surface area contributed by atoms with E-state index in [9.17, 15) is 0 Å². The SMILES string of the molecule is CCCOCCCNC1CC(C)(C)CC(C)(C)C1. The van der Waals surface area contributed by atoms with E-state index in [1.165, 1.54) is 19.3 Å². The zero-order chi connectivity index (χ0) is 13.6. The number of hydrogen-bond donors (Lipinski definition) is 1. The molecule has 0 aromatic carbocycles. The molecule has 0 aromatic heterocycles. The van der Waals surface area contributed by atoms with Gasteiger partial charge in [-0.25, -0.2) is 0 Å². The summed E-state index contributed by atoms with van der Waals surface area (Å²) in [4.78, 5) is 0. The Morgan fingerprint density at radius 3 is 2.22 bits per heavy atom. The van der Waals surface area contributed by atoms with Gasteiger partial charge in [-0.3, -0.25) is 0 Å². The van der Waals surface area contributed by atoms with E-state index < -0.39 is 0 Å². The summed E-state index contributed by atoms with van der Waals surface area (Å²) in [6.45, 7) is 14.7. The maximum atomic E-state index is 5.51. The molecule has 0 atom stereocenters. The summed E-state index contributed by atoms with van der Waals surface area (Å²) in [6, 6.07) is 0.690. The number of nitrogens with one attached hydrogen (secondary N) is 1. The van der Waals surface area contributed by atoms with E-state index in [1.807, 2.05) is 0 Å². The van der Waals surface area contributed by atoms with Crippen LogP contribution in [0.15, 0.2) is 0 Å². The minimum Gasteiger partial charge on any atom is -0.381 e. The lowest BCUT2D eigenvalue weighted by Crippen LogP contribution is -2.44. The average Bonchev–Trinajstić information content (AvgIpc) is 2.18. The van der Waals surface area contributed by atoms with Crippen LogP contribution in [0.2, 0.25) is 0 Å². The average molecular weight is 255 g/mol. The van der Waals surface area contributed by atoms with Crippen LogP contribution in [0.25, 0.3) is 0 Å². The molecule has 18 heavy (non-hydrogen) atoms. The third kappa shape index (κ3) is 6.19. The fourth-order valence-electron chi connectivity index (χ4n) is 3.72. The van der Waals surface area contributed by atoms with Gasteiger partial charge in [0.15, 0.2) is 0 Å². The van der Waals surface area contributed by atoms with Gasteiger partial charge < -0.3 is 10.1 Å². The minimum atomic E-state index is 0.484. The standard InChI is InChI=1S/C16H33NO/c1-6-9-18-10-7-8-17-14-11-15(2,3)13-16(4,5)12-14/h14,17H,6-13H2,1-5H3. The van der Waals surface area contributed by atoms with Crippen LogP contribution < -0.4 is 5.32 Å². The highest BCUT2D eigenvalue weighted by Crippen LogP contribution is 2.45. The highest BCUT2D eigenvalue weighted by molar-refractivity contribution is 4.92. The topological polar surface area (TPSA) is 21.3 Å². The molecule has 0 aromatic rings. The summed E-state index contributed by atoms with van der Waals surface area (Å²) in [5, 5.41) is 3.73. The van der Waals surface area contributed by atoms with Crippen LogP contribution in [-0.4, -0.2) is 25.8 Å². The normalized spacial score (nSPS) is 23.2. The Bertz CT molecular complexity index is 219. The van der Waals surface area contributed by atoms with E-state index in [-0.39, 0.29) is 0 Å². The molecule has 0 saturated heterocycles. The first-order valence-corrected chi connectivity index (χ1v) is 7.66. The number of ether oxygens (including phenoxy) is 1. The van der Waals surface area contributed by atoms with Gasteiger partial charge in [0.1, 0.15) is 0 Å². The second-order valence-electron chi connectivity index (χ2n) is 7.53. The first kappa shape index (κ1) is 16.0. The molecule has 2 heteroatoms. The molecule has 0 spiro atoms. The van der Waals surface area contributed by atoms with Gasteiger partial charge in [0, 0.05) is 19.3 Å². The van der Waals surface area contributed by atoms with Crippen molar-refractivity contribution >= 4 is 0 Å². The Morgan fingerprint density at radius 2 is 1.67 bits per heavy atom. The van der Waals surface area contributed by atoms with E-state index in [2.05, 4.69) is 39.9 Å². The summed E-state index contributed by atoms with van der Waals surface area (Å²) >= 11 is 0. The van der Waals surface area contributed by atoms with Crippen molar-refractivity contribution in [2.24, 2.45) is 10.8 Å². The quantitative estimate of drug-likeness (QED) is 0.694. The zero-order valence-electron chi connectivity index (χ0n) is 13.1. The largest absolute Gasteiger partial charge is 0.381 e. The summed E-state index contributed by atoms with van der Waals surface area (Å²) in [5.41, 5.74) is 0.969. The van der Waals surface area contributed by atoms with Gasteiger partial charge in [-0.15, -0.1) is 0 Å². The molecule has 108 valence electrons. The fourth-order valence-corrected chi connectivity index (χ4v) is 3.72. The highest BCUT2D eigenvalue weighted by Gasteiger charge is 2.37. The molecule has 1 aliphatic carbocycles. The van der Waals surface area contributed by atoms with Crippen molar-refractivity contribution in [1.82, 2.24) is 5.32 Å². The number of hydrogen-bond acceptors (Lipinski definition) is 2. The molecular weight excluding hydrogens is 222 g/mol. The fraction of sp³-hybridized carbons (Fsp3) is 1.00. The van der Waals surface area contributed by atoms with Gasteiger partial charge in [-0.05, 0) is 49.5 Å².